The predicted molar refractivity (Wildman–Crippen MR) is 142 cm³/mol. The topological polar surface area (TPSA) is 57.6 Å². The molecule has 4 rings (SSSR count). The maximum Gasteiger partial charge on any atom is 0.222 e. The highest BCUT2D eigenvalue weighted by Gasteiger charge is 2.61. The van der Waals surface area contributed by atoms with Crippen LogP contribution >= 0.6 is 0 Å². The first-order valence-corrected chi connectivity index (χ1v) is 15.2. The van der Waals surface area contributed by atoms with E-state index >= 15 is 0 Å². The number of Topliss-reactive ketones (excluding diaryl/α,β-unsaturated/α-hetero) is 1. The number of ketones is 1. The molecule has 0 aromatic carbocycles. The highest BCUT2D eigenvalue weighted by atomic mass is 16.3. The van der Waals surface area contributed by atoms with Gasteiger partial charge in [0, 0.05) is 31.3 Å². The maximum atomic E-state index is 13.1. The number of aliphatic hydroxyl groups is 1. The van der Waals surface area contributed by atoms with Crippen LogP contribution in [-0.4, -0.2) is 40.4 Å². The van der Waals surface area contributed by atoms with Crippen molar-refractivity contribution in [3.63, 3.8) is 0 Å². The third-order valence-corrected chi connectivity index (χ3v) is 11.4. The van der Waals surface area contributed by atoms with E-state index in [0.29, 0.717) is 42.4 Å². The number of nitrogens with zero attached hydrogens (tertiary/aromatic N) is 1. The molecular formula is C31H53NO3. The number of rotatable bonds is 10. The fourth-order valence-corrected chi connectivity index (χ4v) is 9.12. The Morgan fingerprint density at radius 3 is 2.43 bits per heavy atom. The standard InChI is InChI=1S/C31H53NO3/c1-5-7-9-11-28(34)32(20-10-8-6-2)22-31(35)19-18-29(3)23(21-31)12-13-24-25-14-15-27(33)30(25,4)17-16-26(24)29/h23-26,35H,5-22H2,1-4H3/t23-,24-,25-,26-,29-,30-,31+/m0/s1. The lowest BCUT2D eigenvalue weighted by molar-refractivity contribution is -0.161. The third kappa shape index (κ3) is 5.25. The predicted octanol–water partition coefficient (Wildman–Crippen LogP) is 6.93. The van der Waals surface area contributed by atoms with Gasteiger partial charge in [-0.25, -0.2) is 0 Å². The quantitative estimate of drug-likeness (QED) is 0.340. The second-order valence-electron chi connectivity index (χ2n) is 13.5. The number of unbranched alkanes of at least 4 members (excludes halogenated alkanes) is 4. The summed E-state index contributed by atoms with van der Waals surface area (Å²) in [5.41, 5.74) is -0.521. The average molecular weight is 488 g/mol. The van der Waals surface area contributed by atoms with Gasteiger partial charge in [-0.3, -0.25) is 9.59 Å². The molecule has 0 heterocycles. The van der Waals surface area contributed by atoms with Gasteiger partial charge in [0.1, 0.15) is 5.78 Å². The summed E-state index contributed by atoms with van der Waals surface area (Å²) < 4.78 is 0. The molecule has 200 valence electrons. The second kappa shape index (κ2) is 10.8. The van der Waals surface area contributed by atoms with Crippen LogP contribution in [0.25, 0.3) is 0 Å². The first-order valence-electron chi connectivity index (χ1n) is 15.2. The van der Waals surface area contributed by atoms with E-state index in [-0.39, 0.29) is 16.7 Å². The zero-order chi connectivity index (χ0) is 25.3. The van der Waals surface area contributed by atoms with E-state index in [1.165, 1.54) is 19.3 Å². The molecule has 4 heteroatoms. The number of carbonyl (C=O) groups excluding carboxylic acids is 2. The molecule has 35 heavy (non-hydrogen) atoms. The molecule has 0 unspecified atom stereocenters. The van der Waals surface area contributed by atoms with Gasteiger partial charge in [-0.15, -0.1) is 0 Å². The summed E-state index contributed by atoms with van der Waals surface area (Å²) in [5, 5.41) is 11.9. The molecule has 0 aromatic rings. The fourth-order valence-electron chi connectivity index (χ4n) is 9.12. The van der Waals surface area contributed by atoms with Gasteiger partial charge in [-0.2, -0.15) is 0 Å². The zero-order valence-corrected chi connectivity index (χ0v) is 23.2. The number of carbonyl (C=O) groups is 2. The molecule has 1 N–H and O–H groups in total. The summed E-state index contributed by atoms with van der Waals surface area (Å²) in [6.07, 6.45) is 16.5. The Balaban J connectivity index is 1.43. The van der Waals surface area contributed by atoms with Crippen LogP contribution in [0.3, 0.4) is 0 Å². The summed E-state index contributed by atoms with van der Waals surface area (Å²) in [5.74, 6) is 3.29. The van der Waals surface area contributed by atoms with Gasteiger partial charge in [0.05, 0.1) is 5.60 Å². The smallest absolute Gasteiger partial charge is 0.222 e. The Morgan fingerprint density at radius 2 is 1.69 bits per heavy atom. The van der Waals surface area contributed by atoms with Gasteiger partial charge in [0.25, 0.3) is 0 Å². The Kier molecular flexibility index (Phi) is 8.40. The summed E-state index contributed by atoms with van der Waals surface area (Å²) in [6, 6.07) is 0. The molecular weight excluding hydrogens is 434 g/mol. The maximum absolute atomic E-state index is 13.1. The van der Waals surface area contributed by atoms with Gasteiger partial charge in [-0.1, -0.05) is 53.4 Å². The SMILES string of the molecule is CCCCCC(=O)N(CCCCC)C[C@@]1(O)CC[C@@]2(C)[C@@H](CC[C@@H]3[C@@H]2CC[C@]2(C)C(=O)CC[C@@H]32)C1. The minimum absolute atomic E-state index is 0.0586. The molecule has 7 atom stereocenters. The van der Waals surface area contributed by atoms with E-state index in [4.69, 9.17) is 0 Å². The van der Waals surface area contributed by atoms with Crippen molar-refractivity contribution in [2.75, 3.05) is 13.1 Å². The molecule has 0 aliphatic heterocycles. The minimum Gasteiger partial charge on any atom is -0.388 e. The molecule has 0 spiro atoms. The van der Waals surface area contributed by atoms with Gasteiger partial charge < -0.3 is 10.0 Å². The fraction of sp³-hybridized carbons (Fsp3) is 0.935. The zero-order valence-electron chi connectivity index (χ0n) is 23.2. The van der Waals surface area contributed by atoms with Crippen molar-refractivity contribution in [3.8, 4) is 0 Å². The van der Waals surface area contributed by atoms with E-state index in [0.717, 1.165) is 83.6 Å². The first-order chi connectivity index (χ1) is 16.7. The largest absolute Gasteiger partial charge is 0.388 e. The lowest BCUT2D eigenvalue weighted by Gasteiger charge is -2.61. The van der Waals surface area contributed by atoms with Gasteiger partial charge in [-0.05, 0) is 93.3 Å². The van der Waals surface area contributed by atoms with Crippen molar-refractivity contribution in [3.05, 3.63) is 0 Å². The summed E-state index contributed by atoms with van der Waals surface area (Å²) in [7, 11) is 0. The molecule has 0 aromatic heterocycles. The van der Waals surface area contributed by atoms with E-state index in [1.54, 1.807) is 0 Å². The molecule has 1 amide bonds. The molecule has 4 nitrogen and oxygen atoms in total. The van der Waals surface area contributed by atoms with Crippen LogP contribution in [0.4, 0.5) is 0 Å². The van der Waals surface area contributed by atoms with E-state index in [2.05, 4.69) is 27.7 Å². The van der Waals surface area contributed by atoms with Crippen LogP contribution in [0.1, 0.15) is 130 Å². The van der Waals surface area contributed by atoms with Crippen LogP contribution in [0.5, 0.6) is 0 Å². The number of hydrogen-bond acceptors (Lipinski definition) is 3. The van der Waals surface area contributed by atoms with Crippen molar-refractivity contribution >= 4 is 11.7 Å². The lowest BCUT2D eigenvalue weighted by atomic mass is 9.44. The van der Waals surface area contributed by atoms with Crippen LogP contribution in [0.15, 0.2) is 0 Å². The summed E-state index contributed by atoms with van der Waals surface area (Å²) >= 11 is 0. The highest BCUT2D eigenvalue weighted by molar-refractivity contribution is 5.87. The first kappa shape index (κ1) is 27.1. The lowest BCUT2D eigenvalue weighted by Crippen LogP contribution is -2.58. The highest BCUT2D eigenvalue weighted by Crippen LogP contribution is 2.66. The summed E-state index contributed by atoms with van der Waals surface area (Å²) in [6.45, 7) is 10.5. The normalized spacial score (nSPS) is 40.7. The number of fused-ring (bicyclic) bond motifs is 5. The van der Waals surface area contributed by atoms with Crippen LogP contribution in [0.2, 0.25) is 0 Å². The Labute approximate surface area is 215 Å². The molecule has 0 bridgehead atoms. The van der Waals surface area contributed by atoms with Crippen molar-refractivity contribution in [2.24, 2.45) is 34.5 Å². The van der Waals surface area contributed by atoms with Crippen molar-refractivity contribution < 1.29 is 14.7 Å². The van der Waals surface area contributed by atoms with Gasteiger partial charge in [0.2, 0.25) is 5.91 Å². The molecule has 4 fully saturated rings. The van der Waals surface area contributed by atoms with Crippen molar-refractivity contribution in [1.29, 1.82) is 0 Å². The minimum atomic E-state index is -0.740. The van der Waals surface area contributed by atoms with E-state index in [1.807, 2.05) is 4.90 Å². The average Bonchev–Trinajstić information content (AvgIpc) is 3.14. The van der Waals surface area contributed by atoms with Crippen LogP contribution < -0.4 is 0 Å². The number of amides is 1. The third-order valence-electron chi connectivity index (χ3n) is 11.4. The monoisotopic (exact) mass is 487 g/mol. The molecule has 0 radical (unpaired) electrons. The van der Waals surface area contributed by atoms with Crippen LogP contribution in [-0.2, 0) is 9.59 Å². The Hall–Kier alpha value is -0.900. The molecule has 4 aliphatic rings. The van der Waals surface area contributed by atoms with Crippen molar-refractivity contribution in [1.82, 2.24) is 4.90 Å². The molecule has 4 saturated carbocycles. The van der Waals surface area contributed by atoms with E-state index < -0.39 is 5.60 Å². The van der Waals surface area contributed by atoms with Crippen molar-refractivity contribution in [2.45, 2.75) is 136 Å². The van der Waals surface area contributed by atoms with E-state index in [9.17, 15) is 14.7 Å². The Bertz CT molecular complexity index is 766. The molecule has 4 aliphatic carbocycles. The van der Waals surface area contributed by atoms with Gasteiger partial charge >= 0.3 is 0 Å². The van der Waals surface area contributed by atoms with Crippen LogP contribution in [0, 0.1) is 34.5 Å². The molecule has 0 saturated heterocycles. The second-order valence-corrected chi connectivity index (χ2v) is 13.5. The van der Waals surface area contributed by atoms with Gasteiger partial charge in [0.15, 0.2) is 0 Å². The number of hydrogen-bond donors (Lipinski definition) is 1. The summed E-state index contributed by atoms with van der Waals surface area (Å²) in [4.78, 5) is 27.9. The Morgan fingerprint density at radius 1 is 0.943 bits per heavy atom.